The maximum Gasteiger partial charge on any atom is 0.255 e. The summed E-state index contributed by atoms with van der Waals surface area (Å²) in [6.45, 7) is 2.04. The maximum absolute atomic E-state index is 12.3. The fraction of sp³-hybridized carbons (Fsp3) is 0.200. The van der Waals surface area contributed by atoms with E-state index in [2.05, 4.69) is 10.3 Å². The Kier molecular flexibility index (Phi) is 5.45. The van der Waals surface area contributed by atoms with Crippen LogP contribution in [-0.4, -0.2) is 10.9 Å². The Morgan fingerprint density at radius 2 is 1.95 bits per heavy atom. The van der Waals surface area contributed by atoms with Crippen LogP contribution in [-0.2, 0) is 6.42 Å². The highest BCUT2D eigenvalue weighted by molar-refractivity contribution is 6.36. The Labute approximate surface area is 138 Å². The summed E-state index contributed by atoms with van der Waals surface area (Å²) in [6, 6.07) is 8.14. The van der Waals surface area contributed by atoms with Crippen molar-refractivity contribution in [2.24, 2.45) is 0 Å². The van der Waals surface area contributed by atoms with Crippen LogP contribution in [0.1, 0.15) is 29.4 Å². The average Bonchev–Trinajstić information content (AvgIpc) is 2.41. The fourth-order valence-electron chi connectivity index (χ4n) is 1.85. The number of amides is 1. The molecule has 6 heteroatoms. The second kappa shape index (κ2) is 7.12. The number of hydrogen-bond acceptors (Lipinski definition) is 2. The third kappa shape index (κ3) is 4.34. The minimum atomic E-state index is -0.291. The number of benzene rings is 1. The highest BCUT2D eigenvalue weighted by atomic mass is 35.5. The monoisotopic (exact) mass is 342 g/mol. The molecule has 110 valence electrons. The molecule has 0 saturated heterocycles. The molecule has 1 N–H and O–H groups in total. The lowest BCUT2D eigenvalue weighted by Gasteiger charge is -2.09. The molecule has 0 aliphatic rings. The van der Waals surface area contributed by atoms with Gasteiger partial charge >= 0.3 is 0 Å². The molecule has 0 aliphatic heterocycles. The van der Waals surface area contributed by atoms with Gasteiger partial charge in [-0.25, -0.2) is 4.98 Å². The SMILES string of the molecule is CCCc1cc(C(=O)Nc2ccc(Cl)cc2Cl)cc(Cl)n1. The topological polar surface area (TPSA) is 42.0 Å². The van der Waals surface area contributed by atoms with Crippen LogP contribution < -0.4 is 5.32 Å². The molecule has 1 aromatic heterocycles. The molecule has 0 bridgehead atoms. The number of hydrogen-bond donors (Lipinski definition) is 1. The first-order valence-electron chi connectivity index (χ1n) is 6.42. The van der Waals surface area contributed by atoms with E-state index in [1.165, 1.54) is 6.07 Å². The van der Waals surface area contributed by atoms with Gasteiger partial charge in [0.05, 0.1) is 10.7 Å². The maximum atomic E-state index is 12.3. The molecule has 1 aromatic carbocycles. The Balaban J connectivity index is 2.23. The summed E-state index contributed by atoms with van der Waals surface area (Å²) in [5.74, 6) is -0.291. The lowest BCUT2D eigenvalue weighted by molar-refractivity contribution is 0.102. The van der Waals surface area contributed by atoms with Gasteiger partial charge in [0, 0.05) is 16.3 Å². The van der Waals surface area contributed by atoms with Gasteiger partial charge in [0.2, 0.25) is 0 Å². The van der Waals surface area contributed by atoms with E-state index < -0.39 is 0 Å². The second-order valence-corrected chi connectivity index (χ2v) is 5.73. The number of rotatable bonds is 4. The zero-order valence-electron chi connectivity index (χ0n) is 11.3. The smallest absolute Gasteiger partial charge is 0.255 e. The van der Waals surface area contributed by atoms with Gasteiger partial charge in [0.25, 0.3) is 5.91 Å². The number of aromatic nitrogens is 1. The standard InChI is InChI=1S/C15H13Cl3N2O/c1-2-3-11-6-9(7-14(18)19-11)15(21)20-13-5-4-10(16)8-12(13)17/h4-8H,2-3H2,1H3,(H,20,21). The van der Waals surface area contributed by atoms with Crippen molar-refractivity contribution in [3.63, 3.8) is 0 Å². The Morgan fingerprint density at radius 1 is 1.19 bits per heavy atom. The summed E-state index contributed by atoms with van der Waals surface area (Å²) in [6.07, 6.45) is 1.69. The zero-order valence-corrected chi connectivity index (χ0v) is 13.6. The van der Waals surface area contributed by atoms with Crippen molar-refractivity contribution < 1.29 is 4.79 Å². The zero-order chi connectivity index (χ0) is 15.4. The number of carbonyl (C=O) groups excluding carboxylic acids is 1. The summed E-state index contributed by atoms with van der Waals surface area (Å²) >= 11 is 17.8. The van der Waals surface area contributed by atoms with Gasteiger partial charge in [-0.05, 0) is 36.8 Å². The molecule has 0 atom stereocenters. The van der Waals surface area contributed by atoms with Crippen molar-refractivity contribution >= 4 is 46.4 Å². The molecule has 3 nitrogen and oxygen atoms in total. The molecule has 21 heavy (non-hydrogen) atoms. The lowest BCUT2D eigenvalue weighted by Crippen LogP contribution is -2.13. The van der Waals surface area contributed by atoms with E-state index in [1.807, 2.05) is 6.92 Å². The van der Waals surface area contributed by atoms with Crippen LogP contribution in [0.5, 0.6) is 0 Å². The van der Waals surface area contributed by atoms with Crippen LogP contribution in [0.15, 0.2) is 30.3 Å². The third-order valence-corrected chi connectivity index (χ3v) is 3.54. The Bertz CT molecular complexity index is 674. The first-order valence-corrected chi connectivity index (χ1v) is 7.56. The molecule has 0 radical (unpaired) electrons. The van der Waals surface area contributed by atoms with E-state index in [0.29, 0.717) is 26.4 Å². The first kappa shape index (κ1) is 16.1. The number of aryl methyl sites for hydroxylation is 1. The third-order valence-electron chi connectivity index (χ3n) is 2.79. The van der Waals surface area contributed by atoms with Gasteiger partial charge in [-0.15, -0.1) is 0 Å². The number of halogens is 3. The molecule has 1 heterocycles. The Morgan fingerprint density at radius 3 is 2.62 bits per heavy atom. The number of carbonyl (C=O) groups is 1. The summed E-state index contributed by atoms with van der Waals surface area (Å²) in [4.78, 5) is 16.5. The average molecular weight is 344 g/mol. The number of pyridine rings is 1. The predicted molar refractivity (Wildman–Crippen MR) is 87.7 cm³/mol. The Hall–Kier alpha value is -1.29. The normalized spacial score (nSPS) is 10.5. The van der Waals surface area contributed by atoms with Crippen LogP contribution in [0.4, 0.5) is 5.69 Å². The fourth-order valence-corrected chi connectivity index (χ4v) is 2.53. The van der Waals surface area contributed by atoms with Gasteiger partial charge < -0.3 is 5.32 Å². The van der Waals surface area contributed by atoms with Crippen molar-refractivity contribution in [1.29, 1.82) is 0 Å². The summed E-state index contributed by atoms with van der Waals surface area (Å²) in [7, 11) is 0. The summed E-state index contributed by atoms with van der Waals surface area (Å²) in [5, 5.41) is 3.92. The highest BCUT2D eigenvalue weighted by Crippen LogP contribution is 2.26. The number of nitrogens with zero attached hydrogens (tertiary/aromatic N) is 1. The number of anilines is 1. The minimum Gasteiger partial charge on any atom is -0.321 e. The van der Waals surface area contributed by atoms with Gasteiger partial charge in [-0.2, -0.15) is 0 Å². The summed E-state index contributed by atoms with van der Waals surface area (Å²) in [5.41, 5.74) is 1.73. The van der Waals surface area contributed by atoms with Crippen molar-refractivity contribution in [2.75, 3.05) is 5.32 Å². The van der Waals surface area contributed by atoms with Crippen molar-refractivity contribution in [3.8, 4) is 0 Å². The van der Waals surface area contributed by atoms with E-state index >= 15 is 0 Å². The molecule has 1 amide bonds. The molecule has 0 saturated carbocycles. The van der Waals surface area contributed by atoms with Crippen LogP contribution in [0.2, 0.25) is 15.2 Å². The largest absolute Gasteiger partial charge is 0.321 e. The molecule has 2 rings (SSSR count). The number of nitrogens with one attached hydrogen (secondary N) is 1. The van der Waals surface area contributed by atoms with E-state index in [9.17, 15) is 4.79 Å². The second-order valence-electron chi connectivity index (χ2n) is 4.50. The molecular formula is C15H13Cl3N2O. The minimum absolute atomic E-state index is 0.291. The van der Waals surface area contributed by atoms with Crippen LogP contribution in [0, 0.1) is 0 Å². The lowest BCUT2D eigenvalue weighted by atomic mass is 10.1. The van der Waals surface area contributed by atoms with Crippen LogP contribution in [0.3, 0.4) is 0 Å². The van der Waals surface area contributed by atoms with Crippen molar-refractivity contribution in [1.82, 2.24) is 4.98 Å². The molecule has 0 spiro atoms. The van der Waals surface area contributed by atoms with E-state index in [-0.39, 0.29) is 5.91 Å². The van der Waals surface area contributed by atoms with Gasteiger partial charge in [-0.1, -0.05) is 48.1 Å². The van der Waals surface area contributed by atoms with Gasteiger partial charge in [0.15, 0.2) is 0 Å². The van der Waals surface area contributed by atoms with E-state index in [1.54, 1.807) is 24.3 Å². The van der Waals surface area contributed by atoms with Crippen LogP contribution in [0.25, 0.3) is 0 Å². The molecule has 0 unspecified atom stereocenters. The van der Waals surface area contributed by atoms with Crippen molar-refractivity contribution in [3.05, 3.63) is 56.8 Å². The molecule has 0 fully saturated rings. The summed E-state index contributed by atoms with van der Waals surface area (Å²) < 4.78 is 0. The quantitative estimate of drug-likeness (QED) is 0.771. The molecule has 0 aliphatic carbocycles. The van der Waals surface area contributed by atoms with Gasteiger partial charge in [0.1, 0.15) is 5.15 Å². The van der Waals surface area contributed by atoms with E-state index in [0.717, 1.165) is 18.5 Å². The predicted octanol–water partition coefficient (Wildman–Crippen LogP) is 5.25. The first-order chi connectivity index (χ1) is 9.99. The molecular weight excluding hydrogens is 331 g/mol. The highest BCUT2D eigenvalue weighted by Gasteiger charge is 2.11. The van der Waals surface area contributed by atoms with Crippen molar-refractivity contribution in [2.45, 2.75) is 19.8 Å². The van der Waals surface area contributed by atoms with E-state index in [4.69, 9.17) is 34.8 Å². The van der Waals surface area contributed by atoms with Gasteiger partial charge in [-0.3, -0.25) is 4.79 Å². The van der Waals surface area contributed by atoms with Crippen LogP contribution >= 0.6 is 34.8 Å². The molecule has 2 aromatic rings.